The van der Waals surface area contributed by atoms with Crippen molar-refractivity contribution >= 4 is 6.98 Å². The molecule has 0 saturated carbocycles. The van der Waals surface area contributed by atoms with Gasteiger partial charge in [0.05, 0.1) is 0 Å². The van der Waals surface area contributed by atoms with Crippen LogP contribution in [0.25, 0.3) is 0 Å². The van der Waals surface area contributed by atoms with E-state index in [1.54, 1.807) is 7.05 Å². The van der Waals surface area contributed by atoms with Gasteiger partial charge >= 0.3 is 58.4 Å². The summed E-state index contributed by atoms with van der Waals surface area (Å²) in [6.45, 7) is -4.72. The number of halogens is 3. The van der Waals surface area contributed by atoms with E-state index in [0.717, 1.165) is 0 Å². The first-order chi connectivity index (χ1) is 4.97. The van der Waals surface area contributed by atoms with E-state index >= 15 is 0 Å². The van der Waals surface area contributed by atoms with Crippen LogP contribution in [0.4, 0.5) is 12.9 Å². The van der Waals surface area contributed by atoms with Crippen molar-refractivity contribution in [3.05, 3.63) is 18.0 Å². The van der Waals surface area contributed by atoms with Crippen LogP contribution < -0.4 is 51.4 Å². The van der Waals surface area contributed by atoms with E-state index < -0.39 is 13.3 Å². The van der Waals surface area contributed by atoms with Crippen LogP contribution in [0.1, 0.15) is 5.56 Å². The summed E-state index contributed by atoms with van der Waals surface area (Å²) in [4.78, 5) is 0. The fourth-order valence-corrected chi connectivity index (χ4v) is 0.845. The SMILES string of the molecule is Cn1cc(C[B-](F)(F)F)cn1.[K+]. The number of hydrogen-bond acceptors (Lipinski definition) is 1. The van der Waals surface area contributed by atoms with Crippen molar-refractivity contribution in [1.82, 2.24) is 9.78 Å². The summed E-state index contributed by atoms with van der Waals surface area (Å²) in [5, 5.41) is 3.63. The van der Waals surface area contributed by atoms with Crippen molar-refractivity contribution in [2.75, 3.05) is 0 Å². The van der Waals surface area contributed by atoms with Crippen LogP contribution in [0.5, 0.6) is 0 Å². The average Bonchev–Trinajstić information content (AvgIpc) is 2.10. The largest absolute Gasteiger partial charge is 1.00 e. The van der Waals surface area contributed by atoms with Crippen LogP contribution in [-0.4, -0.2) is 16.8 Å². The van der Waals surface area contributed by atoms with Gasteiger partial charge in [-0.1, -0.05) is 6.32 Å². The number of hydrogen-bond donors (Lipinski definition) is 0. The third-order valence-corrected chi connectivity index (χ3v) is 1.23. The summed E-state index contributed by atoms with van der Waals surface area (Å²) in [6.07, 6.45) is 1.76. The van der Waals surface area contributed by atoms with E-state index in [2.05, 4.69) is 5.10 Å². The van der Waals surface area contributed by atoms with Gasteiger partial charge in [0.25, 0.3) is 0 Å². The van der Waals surface area contributed by atoms with Crippen LogP contribution >= 0.6 is 0 Å². The van der Waals surface area contributed by atoms with Gasteiger partial charge in [0.2, 0.25) is 0 Å². The van der Waals surface area contributed by atoms with Crippen molar-refractivity contribution in [3.63, 3.8) is 0 Å². The molecule has 0 aromatic carbocycles. The number of rotatable bonds is 2. The van der Waals surface area contributed by atoms with Gasteiger partial charge in [0.1, 0.15) is 0 Å². The van der Waals surface area contributed by atoms with Gasteiger partial charge in [0.15, 0.2) is 0 Å². The third-order valence-electron chi connectivity index (χ3n) is 1.23. The topological polar surface area (TPSA) is 17.8 Å². The van der Waals surface area contributed by atoms with Gasteiger partial charge in [-0.25, -0.2) is 0 Å². The molecule has 0 atom stereocenters. The minimum Gasteiger partial charge on any atom is -0.449 e. The number of aromatic nitrogens is 2. The standard InChI is InChI=1S/C5H7BF3N2.K/c1-11-4-5(3-10-11)2-6(7,8)9;/h3-4H,2H2,1H3;/q-1;+1. The maximum absolute atomic E-state index is 11.8. The summed E-state index contributed by atoms with van der Waals surface area (Å²) in [7, 11) is 1.59. The molecule has 12 heavy (non-hydrogen) atoms. The Morgan fingerprint density at radius 1 is 1.50 bits per heavy atom. The zero-order valence-corrected chi connectivity index (χ0v) is 10.1. The first-order valence-electron chi connectivity index (χ1n) is 3.16. The molecule has 0 saturated heterocycles. The van der Waals surface area contributed by atoms with Crippen LogP contribution in [0.2, 0.25) is 0 Å². The monoisotopic (exact) mass is 202 g/mol. The molecule has 1 aromatic heterocycles. The summed E-state index contributed by atoms with van der Waals surface area (Å²) in [6, 6.07) is 0. The Bertz CT molecular complexity index is 247. The fourth-order valence-electron chi connectivity index (χ4n) is 0.845. The van der Waals surface area contributed by atoms with Crippen molar-refractivity contribution in [1.29, 1.82) is 0 Å². The van der Waals surface area contributed by atoms with Crippen molar-refractivity contribution in [2.45, 2.75) is 6.32 Å². The summed E-state index contributed by atoms with van der Waals surface area (Å²) in [5.74, 6) is 0. The molecule has 0 amide bonds. The Kier molecular flexibility index (Phi) is 5.08. The Morgan fingerprint density at radius 2 is 2.08 bits per heavy atom. The minimum absolute atomic E-state index is 0. The van der Waals surface area contributed by atoms with E-state index in [1.165, 1.54) is 17.1 Å². The molecule has 0 bridgehead atoms. The Balaban J connectivity index is 0.00000121. The molecule has 1 heterocycles. The second-order valence-corrected chi connectivity index (χ2v) is 2.44. The molecule has 0 radical (unpaired) electrons. The van der Waals surface area contributed by atoms with Crippen LogP contribution in [-0.2, 0) is 13.4 Å². The summed E-state index contributed by atoms with van der Waals surface area (Å²) in [5.41, 5.74) is 0.222. The van der Waals surface area contributed by atoms with Crippen molar-refractivity contribution in [2.24, 2.45) is 7.05 Å². The molecule has 0 spiro atoms. The molecule has 7 heteroatoms. The number of aryl methyl sites for hydroxylation is 1. The first kappa shape index (κ1) is 12.7. The predicted molar refractivity (Wildman–Crippen MR) is 36.0 cm³/mol. The van der Waals surface area contributed by atoms with Gasteiger partial charge in [-0.3, -0.25) is 4.68 Å². The molecule has 0 aliphatic carbocycles. The molecular formula is C5H7BF3KN2. The van der Waals surface area contributed by atoms with Crippen LogP contribution in [0.3, 0.4) is 0 Å². The molecule has 0 fully saturated rings. The van der Waals surface area contributed by atoms with Crippen LogP contribution in [0.15, 0.2) is 12.4 Å². The Hall–Kier alpha value is 0.701. The molecular weight excluding hydrogens is 195 g/mol. The molecule has 0 aliphatic heterocycles. The Labute approximate surface area is 111 Å². The second-order valence-electron chi connectivity index (χ2n) is 2.44. The van der Waals surface area contributed by atoms with Crippen molar-refractivity contribution < 1.29 is 64.3 Å². The quantitative estimate of drug-likeness (QED) is 0.525. The van der Waals surface area contributed by atoms with E-state index in [1.807, 2.05) is 0 Å². The molecule has 0 N–H and O–H groups in total. The normalized spacial score (nSPS) is 11.0. The average molecular weight is 202 g/mol. The molecule has 0 aliphatic rings. The zero-order chi connectivity index (χ0) is 8.48. The molecule has 62 valence electrons. The van der Waals surface area contributed by atoms with Gasteiger partial charge in [-0.05, 0) is 5.56 Å². The smallest absolute Gasteiger partial charge is 0.449 e. The maximum atomic E-state index is 11.8. The predicted octanol–water partition coefficient (Wildman–Crippen LogP) is -1.65. The second kappa shape index (κ2) is 4.80. The Morgan fingerprint density at radius 3 is 2.42 bits per heavy atom. The molecule has 2 nitrogen and oxygen atoms in total. The van der Waals surface area contributed by atoms with E-state index in [9.17, 15) is 12.9 Å². The minimum atomic E-state index is -4.72. The van der Waals surface area contributed by atoms with Crippen LogP contribution in [0, 0.1) is 0 Å². The molecule has 1 rings (SSSR count). The maximum Gasteiger partial charge on any atom is 1.00 e. The van der Waals surface area contributed by atoms with Gasteiger partial charge in [-0.2, -0.15) is 5.10 Å². The van der Waals surface area contributed by atoms with Gasteiger partial charge in [0, 0.05) is 19.4 Å². The van der Waals surface area contributed by atoms with E-state index in [-0.39, 0.29) is 56.9 Å². The van der Waals surface area contributed by atoms with Gasteiger partial charge < -0.3 is 12.9 Å². The zero-order valence-electron chi connectivity index (χ0n) is 6.97. The first-order valence-corrected chi connectivity index (χ1v) is 3.16. The number of nitrogens with zero attached hydrogens (tertiary/aromatic N) is 2. The van der Waals surface area contributed by atoms with Crippen molar-refractivity contribution in [3.8, 4) is 0 Å². The molecule has 0 unspecified atom stereocenters. The third kappa shape index (κ3) is 4.66. The molecule has 1 aromatic rings. The van der Waals surface area contributed by atoms with E-state index in [0.29, 0.717) is 0 Å². The fraction of sp³-hybridized carbons (Fsp3) is 0.400. The summed E-state index contributed by atoms with van der Waals surface area (Å²) < 4.78 is 36.7. The van der Waals surface area contributed by atoms with Gasteiger partial charge in [-0.15, -0.1) is 0 Å². The van der Waals surface area contributed by atoms with E-state index in [4.69, 9.17) is 0 Å². The summed E-state index contributed by atoms with van der Waals surface area (Å²) >= 11 is 0.